The van der Waals surface area contributed by atoms with Crippen LogP contribution in [0.4, 0.5) is 0 Å². The molecule has 0 radical (unpaired) electrons. The Balaban J connectivity index is 4.24. The maximum Gasteiger partial charge on any atom is -0.0291 e. The number of unbranched alkanes of at least 4 members (excludes halogenated alkanes) is 2. The lowest BCUT2D eigenvalue weighted by atomic mass is 9.74. The SMILES string of the molecule is CC=CCC(C)(CCCCC)CCCC(C)(C)CCCC(C)CCC. The Bertz CT molecular complexity index is 325. The van der Waals surface area contributed by atoms with Crippen LogP contribution in [0.25, 0.3) is 0 Å². The van der Waals surface area contributed by atoms with E-state index >= 15 is 0 Å². The van der Waals surface area contributed by atoms with Crippen molar-refractivity contribution in [2.45, 2.75) is 132 Å². The van der Waals surface area contributed by atoms with Gasteiger partial charge in [-0.3, -0.25) is 0 Å². The molecule has 0 nitrogen and oxygen atoms in total. The van der Waals surface area contributed by atoms with Crippen molar-refractivity contribution in [3.05, 3.63) is 12.2 Å². The summed E-state index contributed by atoms with van der Waals surface area (Å²) in [6, 6.07) is 0. The Kier molecular flexibility index (Phi) is 13.7. The van der Waals surface area contributed by atoms with Crippen molar-refractivity contribution in [3.8, 4) is 0 Å². The lowest BCUT2D eigenvalue weighted by molar-refractivity contribution is 0.218. The molecule has 0 fully saturated rings. The minimum absolute atomic E-state index is 0.521. The molecular formula is C25H50. The normalized spacial score (nSPS) is 16.3. The number of allylic oxidation sites excluding steroid dienone is 2. The van der Waals surface area contributed by atoms with E-state index in [1.807, 2.05) is 0 Å². The van der Waals surface area contributed by atoms with Gasteiger partial charge in [-0.2, -0.15) is 0 Å². The first-order valence-electron chi connectivity index (χ1n) is 11.4. The van der Waals surface area contributed by atoms with E-state index in [0.29, 0.717) is 10.8 Å². The molecule has 2 atom stereocenters. The van der Waals surface area contributed by atoms with E-state index < -0.39 is 0 Å². The number of hydrogen-bond donors (Lipinski definition) is 0. The quantitative estimate of drug-likeness (QED) is 0.192. The van der Waals surface area contributed by atoms with Gasteiger partial charge < -0.3 is 0 Å². The second-order valence-electron chi connectivity index (χ2n) is 9.84. The van der Waals surface area contributed by atoms with Crippen molar-refractivity contribution >= 4 is 0 Å². The minimum Gasteiger partial charge on any atom is -0.0916 e. The molecule has 0 rings (SSSR count). The van der Waals surface area contributed by atoms with E-state index in [2.05, 4.69) is 60.6 Å². The lowest BCUT2D eigenvalue weighted by Crippen LogP contribution is -2.18. The first-order valence-corrected chi connectivity index (χ1v) is 11.4. The maximum absolute atomic E-state index is 2.53. The summed E-state index contributed by atoms with van der Waals surface area (Å²) in [7, 11) is 0. The van der Waals surface area contributed by atoms with Gasteiger partial charge in [-0.15, -0.1) is 0 Å². The Hall–Kier alpha value is -0.260. The summed E-state index contributed by atoms with van der Waals surface area (Å²) in [5.41, 5.74) is 1.05. The van der Waals surface area contributed by atoms with Crippen LogP contribution in [0.3, 0.4) is 0 Å². The van der Waals surface area contributed by atoms with Gasteiger partial charge in [-0.05, 0) is 55.8 Å². The highest BCUT2D eigenvalue weighted by atomic mass is 14.3. The molecule has 0 bridgehead atoms. The van der Waals surface area contributed by atoms with Crippen LogP contribution in [0.2, 0.25) is 0 Å². The van der Waals surface area contributed by atoms with Gasteiger partial charge in [0.05, 0.1) is 0 Å². The lowest BCUT2D eigenvalue weighted by Gasteiger charge is -2.31. The van der Waals surface area contributed by atoms with Gasteiger partial charge in [0.15, 0.2) is 0 Å². The second kappa shape index (κ2) is 13.9. The molecule has 150 valence electrons. The highest BCUT2D eigenvalue weighted by Crippen LogP contribution is 2.38. The van der Waals surface area contributed by atoms with Gasteiger partial charge in [-0.25, -0.2) is 0 Å². The molecule has 0 aromatic rings. The molecule has 0 aliphatic heterocycles. The van der Waals surface area contributed by atoms with Crippen molar-refractivity contribution in [3.63, 3.8) is 0 Å². The Morgan fingerprint density at radius 3 is 2.00 bits per heavy atom. The van der Waals surface area contributed by atoms with Crippen molar-refractivity contribution < 1.29 is 0 Å². The Morgan fingerprint density at radius 2 is 1.40 bits per heavy atom. The standard InChI is InChI=1S/C25H50/c1-8-11-13-21-25(7,20-12-9-2)22-15-19-24(5,6)18-14-17-23(4)16-10-3/h9,12,23H,8,10-11,13-22H2,1-7H3. The molecule has 0 aliphatic rings. The van der Waals surface area contributed by atoms with Crippen LogP contribution in [-0.4, -0.2) is 0 Å². The molecular weight excluding hydrogens is 300 g/mol. The van der Waals surface area contributed by atoms with Crippen LogP contribution in [0, 0.1) is 16.7 Å². The summed E-state index contributed by atoms with van der Waals surface area (Å²) in [6.07, 6.45) is 22.6. The van der Waals surface area contributed by atoms with Crippen LogP contribution < -0.4 is 0 Å². The van der Waals surface area contributed by atoms with E-state index in [-0.39, 0.29) is 0 Å². The van der Waals surface area contributed by atoms with Crippen LogP contribution in [0.15, 0.2) is 12.2 Å². The fourth-order valence-corrected chi connectivity index (χ4v) is 4.22. The maximum atomic E-state index is 2.53. The summed E-state index contributed by atoms with van der Waals surface area (Å²) in [6.45, 7) is 16.7. The molecule has 0 aromatic carbocycles. The average molecular weight is 351 g/mol. The molecule has 0 saturated heterocycles. The zero-order chi connectivity index (χ0) is 19.2. The number of hydrogen-bond acceptors (Lipinski definition) is 0. The van der Waals surface area contributed by atoms with E-state index in [1.165, 1.54) is 83.5 Å². The second-order valence-corrected chi connectivity index (χ2v) is 9.84. The summed E-state index contributed by atoms with van der Waals surface area (Å²) in [4.78, 5) is 0. The van der Waals surface area contributed by atoms with Crippen molar-refractivity contribution in [2.75, 3.05) is 0 Å². The fourth-order valence-electron chi connectivity index (χ4n) is 4.22. The van der Waals surface area contributed by atoms with Gasteiger partial charge in [0.25, 0.3) is 0 Å². The highest BCUT2D eigenvalue weighted by Gasteiger charge is 2.24. The molecule has 2 unspecified atom stereocenters. The Morgan fingerprint density at radius 1 is 0.760 bits per heavy atom. The molecule has 0 spiro atoms. The van der Waals surface area contributed by atoms with Crippen molar-refractivity contribution in [1.82, 2.24) is 0 Å². The molecule has 0 amide bonds. The smallest absolute Gasteiger partial charge is 0.0291 e. The van der Waals surface area contributed by atoms with E-state index in [1.54, 1.807) is 0 Å². The monoisotopic (exact) mass is 350 g/mol. The van der Waals surface area contributed by atoms with Gasteiger partial charge in [0, 0.05) is 0 Å². The molecule has 25 heavy (non-hydrogen) atoms. The van der Waals surface area contributed by atoms with Crippen LogP contribution in [0.1, 0.15) is 132 Å². The van der Waals surface area contributed by atoms with Crippen LogP contribution in [0.5, 0.6) is 0 Å². The largest absolute Gasteiger partial charge is 0.0916 e. The Labute approximate surface area is 161 Å². The van der Waals surface area contributed by atoms with E-state index in [0.717, 1.165) is 5.92 Å². The fraction of sp³-hybridized carbons (Fsp3) is 0.920. The minimum atomic E-state index is 0.521. The third-order valence-electron chi connectivity index (χ3n) is 6.20. The first kappa shape index (κ1) is 24.7. The van der Waals surface area contributed by atoms with E-state index in [4.69, 9.17) is 0 Å². The first-order chi connectivity index (χ1) is 11.8. The molecule has 0 heteroatoms. The molecule has 0 N–H and O–H groups in total. The predicted octanol–water partition coefficient (Wildman–Crippen LogP) is 9.34. The van der Waals surface area contributed by atoms with Gasteiger partial charge in [0.1, 0.15) is 0 Å². The third-order valence-corrected chi connectivity index (χ3v) is 6.20. The molecule has 0 heterocycles. The third kappa shape index (κ3) is 13.6. The summed E-state index contributed by atoms with van der Waals surface area (Å²) < 4.78 is 0. The summed E-state index contributed by atoms with van der Waals surface area (Å²) >= 11 is 0. The highest BCUT2D eigenvalue weighted by molar-refractivity contribution is 4.87. The van der Waals surface area contributed by atoms with Crippen molar-refractivity contribution in [2.24, 2.45) is 16.7 Å². The van der Waals surface area contributed by atoms with Gasteiger partial charge in [-0.1, -0.05) is 105 Å². The predicted molar refractivity (Wildman–Crippen MR) is 117 cm³/mol. The van der Waals surface area contributed by atoms with Crippen molar-refractivity contribution in [1.29, 1.82) is 0 Å². The summed E-state index contributed by atoms with van der Waals surface area (Å²) in [5.74, 6) is 0.920. The van der Waals surface area contributed by atoms with Crippen LogP contribution >= 0.6 is 0 Å². The topological polar surface area (TPSA) is 0 Å². The molecule has 0 aromatic heterocycles. The van der Waals surface area contributed by atoms with E-state index in [9.17, 15) is 0 Å². The van der Waals surface area contributed by atoms with Gasteiger partial charge in [0.2, 0.25) is 0 Å². The average Bonchev–Trinajstić information content (AvgIpc) is 2.53. The molecule has 0 aliphatic carbocycles. The van der Waals surface area contributed by atoms with Crippen LogP contribution in [-0.2, 0) is 0 Å². The summed E-state index contributed by atoms with van der Waals surface area (Å²) in [5, 5.41) is 0. The zero-order valence-electron chi connectivity index (χ0n) is 18.9. The zero-order valence-corrected chi connectivity index (χ0v) is 18.9. The van der Waals surface area contributed by atoms with Gasteiger partial charge >= 0.3 is 0 Å². The number of rotatable bonds is 16. The molecule has 0 saturated carbocycles.